The first kappa shape index (κ1) is 61.8. The van der Waals surface area contributed by atoms with Crippen molar-refractivity contribution in [2.45, 2.75) is 142 Å². The number of nitrogens with one attached hydrogen (secondary N) is 3. The van der Waals surface area contributed by atoms with Crippen molar-refractivity contribution in [1.82, 2.24) is 30.9 Å². The number of hydrogen-bond donors (Lipinski definition) is 3. The SMILES string of the molecule is COC(=O)[C@@]1(OCCCCCCn2cc(COCCOCCOCCOCCNC(=O)OC(C)(C)C)nn2)C[C@H](OC(C)=O)[C@@H](NC(C)=O)[C@H]([C@H](OC(C)=O)[C@@H](CNC(=O)Cc2ccc(Cl)cc2)OC(C)=O)O1. The Labute approximate surface area is 430 Å². The molecule has 6 atom stereocenters. The summed E-state index contributed by atoms with van der Waals surface area (Å²) in [7, 11) is 1.10. The molecule has 1 saturated heterocycles. The molecule has 25 heteroatoms. The van der Waals surface area contributed by atoms with Crippen molar-refractivity contribution < 1.29 is 85.7 Å². The van der Waals surface area contributed by atoms with Gasteiger partial charge in [0.05, 0.1) is 98.2 Å². The molecule has 73 heavy (non-hydrogen) atoms. The highest BCUT2D eigenvalue weighted by Gasteiger charge is 2.59. The lowest BCUT2D eigenvalue weighted by atomic mass is 9.87. The molecule has 3 N–H and O–H groups in total. The van der Waals surface area contributed by atoms with Crippen molar-refractivity contribution in [3.8, 4) is 0 Å². The van der Waals surface area contributed by atoms with Gasteiger partial charge in [-0.05, 0) is 51.3 Å². The number of alkyl carbamates (subject to hydrolysis) is 1. The highest BCUT2D eigenvalue weighted by molar-refractivity contribution is 6.30. The fraction of sp³-hybridized carbons (Fsp3) is 0.688. The summed E-state index contributed by atoms with van der Waals surface area (Å²) in [5.41, 5.74) is 0.722. The van der Waals surface area contributed by atoms with E-state index in [1.807, 2.05) is 0 Å². The van der Waals surface area contributed by atoms with Gasteiger partial charge in [-0.25, -0.2) is 9.59 Å². The summed E-state index contributed by atoms with van der Waals surface area (Å²) < 4.78 is 63.7. The minimum absolute atomic E-state index is 0.0553. The van der Waals surface area contributed by atoms with Crippen molar-refractivity contribution >= 4 is 53.4 Å². The zero-order chi connectivity index (χ0) is 53.8. The average molecular weight is 1060 g/mol. The van der Waals surface area contributed by atoms with E-state index < -0.39 is 96.6 Å². The minimum atomic E-state index is -2.28. The van der Waals surface area contributed by atoms with Gasteiger partial charge in [0, 0.05) is 45.8 Å². The summed E-state index contributed by atoms with van der Waals surface area (Å²) in [4.78, 5) is 88.9. The molecule has 0 aliphatic carbocycles. The van der Waals surface area contributed by atoms with E-state index in [9.17, 15) is 33.6 Å². The third-order valence-corrected chi connectivity index (χ3v) is 10.6. The van der Waals surface area contributed by atoms with Crippen molar-refractivity contribution in [3.63, 3.8) is 0 Å². The second-order valence-corrected chi connectivity index (χ2v) is 18.2. The van der Waals surface area contributed by atoms with E-state index in [1.54, 1.807) is 55.9 Å². The fourth-order valence-electron chi connectivity index (χ4n) is 7.30. The number of esters is 4. The van der Waals surface area contributed by atoms with Crippen LogP contribution in [-0.4, -0.2) is 172 Å². The van der Waals surface area contributed by atoms with Crippen LogP contribution in [0.25, 0.3) is 0 Å². The summed E-state index contributed by atoms with van der Waals surface area (Å²) in [6, 6.07) is 5.26. The molecular formula is C48H73ClN6O18. The monoisotopic (exact) mass is 1060 g/mol. The molecule has 1 aliphatic heterocycles. The number of carbonyl (C=O) groups is 7. The number of amides is 3. The first-order chi connectivity index (χ1) is 34.7. The molecule has 0 unspecified atom stereocenters. The van der Waals surface area contributed by atoms with E-state index in [4.69, 9.17) is 63.7 Å². The standard InChI is InChI=1S/C48H73ClN6O18/c1-32(56)52-42-39(69-33(2)57)28-48(45(61)63-8,72-44(42)43(71-35(4)59)40(70-34(3)58)29-51-41(60)27-36-13-15-37(49)16-14-36)68-19-12-10-9-11-18-55-30-38(53-54-55)31-67-26-25-66-24-23-65-22-21-64-20-17-50-46(62)73-47(5,6)7/h13-16,30,39-40,42-44H,9-12,17-29,31H2,1-8H3,(H,50,62)(H,51,60)(H,52,56)/t39-,40+,42+,43+,44+,48+/m0/s1. The van der Waals surface area contributed by atoms with Gasteiger partial charge in [0.25, 0.3) is 5.79 Å². The van der Waals surface area contributed by atoms with Crippen molar-refractivity contribution in [3.05, 3.63) is 46.7 Å². The van der Waals surface area contributed by atoms with Gasteiger partial charge in [0.1, 0.15) is 23.5 Å². The van der Waals surface area contributed by atoms with Crippen LogP contribution in [0.2, 0.25) is 5.02 Å². The normalized spacial score (nSPS) is 18.4. The largest absolute Gasteiger partial charge is 0.465 e. The third-order valence-electron chi connectivity index (χ3n) is 10.3. The van der Waals surface area contributed by atoms with Gasteiger partial charge in [-0.2, -0.15) is 0 Å². The third kappa shape index (κ3) is 24.9. The number of carbonyl (C=O) groups excluding carboxylic acids is 7. The van der Waals surface area contributed by atoms with Crippen LogP contribution in [0.4, 0.5) is 4.79 Å². The van der Waals surface area contributed by atoms with Gasteiger partial charge in [-0.3, -0.25) is 28.7 Å². The van der Waals surface area contributed by atoms with Crippen LogP contribution in [0, 0.1) is 0 Å². The Balaban J connectivity index is 1.51. The van der Waals surface area contributed by atoms with E-state index in [0.717, 1.165) is 40.7 Å². The molecule has 2 aromatic rings. The molecule has 0 spiro atoms. The molecule has 3 rings (SSSR count). The topological polar surface area (TPSA) is 288 Å². The van der Waals surface area contributed by atoms with E-state index in [-0.39, 0.29) is 19.6 Å². The Kier molecular flexibility index (Phi) is 27.6. The number of unbranched alkanes of at least 4 members (excludes halogenated alkanes) is 3. The molecule has 1 fully saturated rings. The molecule has 2 heterocycles. The molecule has 0 radical (unpaired) electrons. The number of ether oxygens (including phenoxy) is 11. The molecule has 1 aromatic heterocycles. The molecule has 1 aromatic carbocycles. The molecule has 0 bridgehead atoms. The lowest BCUT2D eigenvalue weighted by Gasteiger charge is -2.48. The number of nitrogens with zero attached hydrogens (tertiary/aromatic N) is 3. The number of aryl methyl sites for hydroxylation is 1. The van der Waals surface area contributed by atoms with Crippen LogP contribution in [0.3, 0.4) is 0 Å². The summed E-state index contributed by atoms with van der Waals surface area (Å²) in [5, 5.41) is 16.8. The van der Waals surface area contributed by atoms with Crippen LogP contribution >= 0.6 is 11.6 Å². The van der Waals surface area contributed by atoms with E-state index in [2.05, 4.69) is 26.3 Å². The second-order valence-electron chi connectivity index (χ2n) is 17.8. The lowest BCUT2D eigenvalue weighted by Crippen LogP contribution is -2.69. The van der Waals surface area contributed by atoms with Gasteiger partial charge in [0.15, 0.2) is 12.2 Å². The lowest BCUT2D eigenvalue weighted by molar-refractivity contribution is -0.313. The maximum Gasteiger partial charge on any atom is 0.407 e. The number of aromatic nitrogens is 3. The zero-order valence-electron chi connectivity index (χ0n) is 43.1. The van der Waals surface area contributed by atoms with Crippen molar-refractivity contribution in [2.24, 2.45) is 0 Å². The van der Waals surface area contributed by atoms with Crippen LogP contribution in [0.15, 0.2) is 30.5 Å². The highest BCUT2D eigenvalue weighted by Crippen LogP contribution is 2.37. The maximum atomic E-state index is 13.7. The van der Waals surface area contributed by atoms with Crippen molar-refractivity contribution in [1.29, 1.82) is 0 Å². The molecule has 410 valence electrons. The summed E-state index contributed by atoms with van der Waals surface area (Å²) >= 11 is 5.99. The summed E-state index contributed by atoms with van der Waals surface area (Å²) in [6.45, 7) is 13.1. The predicted molar refractivity (Wildman–Crippen MR) is 257 cm³/mol. The quantitative estimate of drug-likeness (QED) is 0.0526. The molecule has 1 aliphatic rings. The second kappa shape index (κ2) is 32.6. The molecular weight excluding hydrogens is 984 g/mol. The van der Waals surface area contributed by atoms with Crippen LogP contribution in [-0.2, 0) is 100 Å². The predicted octanol–water partition coefficient (Wildman–Crippen LogP) is 2.92. The van der Waals surface area contributed by atoms with E-state index in [1.165, 1.54) is 6.92 Å². The van der Waals surface area contributed by atoms with Gasteiger partial charge in [-0.1, -0.05) is 41.8 Å². The van der Waals surface area contributed by atoms with Gasteiger partial charge in [0.2, 0.25) is 11.8 Å². The number of hydrogen-bond acceptors (Lipinski definition) is 20. The minimum Gasteiger partial charge on any atom is -0.465 e. The molecule has 0 saturated carbocycles. The summed E-state index contributed by atoms with van der Waals surface area (Å²) in [6.07, 6.45) is -2.76. The Morgan fingerprint density at radius 2 is 1.44 bits per heavy atom. The van der Waals surface area contributed by atoms with E-state index in [0.29, 0.717) is 88.5 Å². The Hall–Kier alpha value is -5.50. The Morgan fingerprint density at radius 3 is 2.04 bits per heavy atom. The maximum absolute atomic E-state index is 13.7. The number of rotatable bonds is 33. The Morgan fingerprint density at radius 1 is 0.808 bits per heavy atom. The van der Waals surface area contributed by atoms with Crippen molar-refractivity contribution in [2.75, 3.05) is 73.1 Å². The number of methoxy groups -OCH3 is 1. The first-order valence-corrected chi connectivity index (χ1v) is 24.4. The van der Waals surface area contributed by atoms with Gasteiger partial charge >= 0.3 is 30.0 Å². The fourth-order valence-corrected chi connectivity index (χ4v) is 7.42. The van der Waals surface area contributed by atoms with Crippen LogP contribution in [0.1, 0.15) is 91.8 Å². The van der Waals surface area contributed by atoms with Crippen LogP contribution < -0.4 is 16.0 Å². The smallest absolute Gasteiger partial charge is 0.407 e. The van der Waals surface area contributed by atoms with Gasteiger partial charge < -0.3 is 68.1 Å². The Bertz CT molecular complexity index is 2040. The average Bonchev–Trinajstić information content (AvgIpc) is 3.76. The van der Waals surface area contributed by atoms with Crippen LogP contribution in [0.5, 0.6) is 0 Å². The molecule has 3 amide bonds. The first-order valence-electron chi connectivity index (χ1n) is 24.1. The van der Waals surface area contributed by atoms with Gasteiger partial charge in [-0.15, -0.1) is 5.10 Å². The van der Waals surface area contributed by atoms with E-state index >= 15 is 0 Å². The zero-order valence-corrected chi connectivity index (χ0v) is 43.8. The number of halogens is 1. The summed E-state index contributed by atoms with van der Waals surface area (Å²) in [5.74, 6) is -6.90. The highest BCUT2D eigenvalue weighted by atomic mass is 35.5. The molecule has 24 nitrogen and oxygen atoms in total. The number of benzene rings is 1.